The number of benzene rings is 2. The van der Waals surface area contributed by atoms with Crippen LogP contribution in [0.5, 0.6) is 5.75 Å². The van der Waals surface area contributed by atoms with Gasteiger partial charge in [-0.25, -0.2) is 13.5 Å². The van der Waals surface area contributed by atoms with Crippen LogP contribution < -0.4 is 10.3 Å². The highest BCUT2D eigenvalue weighted by Gasteiger charge is 2.18. The molecule has 5 rings (SSSR count). The Bertz CT molecular complexity index is 1600. The van der Waals surface area contributed by atoms with Gasteiger partial charge in [0.2, 0.25) is 0 Å². The molecule has 3 aromatic heterocycles. The van der Waals surface area contributed by atoms with E-state index in [9.17, 15) is 13.6 Å². The summed E-state index contributed by atoms with van der Waals surface area (Å²) in [6, 6.07) is 12.2. The van der Waals surface area contributed by atoms with Gasteiger partial charge in [-0.1, -0.05) is 11.3 Å². The summed E-state index contributed by atoms with van der Waals surface area (Å²) in [6.07, 6.45) is 3.13. The summed E-state index contributed by atoms with van der Waals surface area (Å²) < 4.78 is 40.6. The normalized spacial score (nSPS) is 12.3. The monoisotopic (exact) mass is 477 g/mol. The molecule has 8 nitrogen and oxygen atoms in total. The molecule has 0 fully saturated rings. The first kappa shape index (κ1) is 22.6. The van der Waals surface area contributed by atoms with Crippen LogP contribution in [0.4, 0.5) is 8.78 Å². The zero-order chi connectivity index (χ0) is 24.5. The van der Waals surface area contributed by atoms with Gasteiger partial charge in [0, 0.05) is 24.8 Å². The lowest BCUT2D eigenvalue weighted by atomic mass is 10.1. The maximum Gasteiger partial charge on any atom is 0.282 e. The Morgan fingerprint density at radius 2 is 1.86 bits per heavy atom. The van der Waals surface area contributed by atoms with Gasteiger partial charge in [0.1, 0.15) is 17.9 Å². The Hall–Kier alpha value is -4.18. The Labute approximate surface area is 198 Å². The van der Waals surface area contributed by atoms with Crippen molar-refractivity contribution in [2.24, 2.45) is 0 Å². The van der Waals surface area contributed by atoms with E-state index in [1.54, 1.807) is 19.4 Å². The number of fused-ring (bicyclic) bond motifs is 2. The lowest BCUT2D eigenvalue weighted by Gasteiger charge is -2.14. The SMILES string of the molecule is COCCOc1cnc2ccc([C@@H](C)n3nnc4ccn(-c5ccc(F)c(F)c5)c(=O)c43)cc2c1. The average Bonchev–Trinajstić information content (AvgIpc) is 3.30. The molecule has 3 heterocycles. The first-order valence-corrected chi connectivity index (χ1v) is 10.9. The summed E-state index contributed by atoms with van der Waals surface area (Å²) in [5.41, 5.74) is 2.08. The summed E-state index contributed by atoms with van der Waals surface area (Å²) in [4.78, 5) is 17.8. The molecule has 0 radical (unpaired) electrons. The second kappa shape index (κ2) is 9.22. The zero-order valence-electron chi connectivity index (χ0n) is 19.0. The van der Waals surface area contributed by atoms with Crippen molar-refractivity contribution in [1.82, 2.24) is 24.5 Å². The third-order valence-electron chi connectivity index (χ3n) is 5.79. The molecular formula is C25H21F2N5O3. The molecule has 0 spiro atoms. The number of hydrogen-bond acceptors (Lipinski definition) is 6. The Morgan fingerprint density at radius 1 is 1.00 bits per heavy atom. The van der Waals surface area contributed by atoms with Crippen LogP contribution in [-0.4, -0.2) is 44.9 Å². The fraction of sp³-hybridized carbons (Fsp3) is 0.200. The second-order valence-corrected chi connectivity index (χ2v) is 8.00. The largest absolute Gasteiger partial charge is 0.490 e. The van der Waals surface area contributed by atoms with E-state index in [1.165, 1.54) is 21.5 Å². The molecule has 0 saturated heterocycles. The van der Waals surface area contributed by atoms with E-state index in [-0.39, 0.29) is 17.2 Å². The summed E-state index contributed by atoms with van der Waals surface area (Å²) >= 11 is 0. The zero-order valence-corrected chi connectivity index (χ0v) is 19.0. The number of nitrogens with zero attached hydrogens (tertiary/aromatic N) is 5. The van der Waals surface area contributed by atoms with E-state index >= 15 is 0 Å². The van der Waals surface area contributed by atoms with Crippen molar-refractivity contribution in [2.75, 3.05) is 20.3 Å². The minimum Gasteiger partial charge on any atom is -0.490 e. The van der Waals surface area contributed by atoms with Crippen LogP contribution in [0.1, 0.15) is 18.5 Å². The van der Waals surface area contributed by atoms with Gasteiger partial charge in [0.15, 0.2) is 17.2 Å². The Morgan fingerprint density at radius 3 is 2.66 bits per heavy atom. The third-order valence-corrected chi connectivity index (χ3v) is 5.79. The molecule has 0 aliphatic rings. The summed E-state index contributed by atoms with van der Waals surface area (Å²) in [5, 5.41) is 9.21. The number of hydrogen-bond donors (Lipinski definition) is 0. The lowest BCUT2D eigenvalue weighted by molar-refractivity contribution is 0.146. The van der Waals surface area contributed by atoms with Crippen LogP contribution in [0, 0.1) is 11.6 Å². The van der Waals surface area contributed by atoms with Crippen LogP contribution >= 0.6 is 0 Å². The first-order chi connectivity index (χ1) is 17.0. The van der Waals surface area contributed by atoms with Crippen molar-refractivity contribution in [3.8, 4) is 11.4 Å². The van der Waals surface area contributed by atoms with E-state index in [0.717, 1.165) is 28.6 Å². The maximum absolute atomic E-state index is 13.8. The van der Waals surface area contributed by atoms with Gasteiger partial charge < -0.3 is 9.47 Å². The fourth-order valence-electron chi connectivity index (χ4n) is 3.91. The number of ether oxygens (including phenoxy) is 2. The van der Waals surface area contributed by atoms with E-state index in [0.29, 0.717) is 24.5 Å². The van der Waals surface area contributed by atoms with Crippen molar-refractivity contribution >= 4 is 21.9 Å². The summed E-state index contributed by atoms with van der Waals surface area (Å²) in [7, 11) is 1.61. The highest BCUT2D eigenvalue weighted by Crippen LogP contribution is 2.26. The Balaban J connectivity index is 1.54. The van der Waals surface area contributed by atoms with E-state index in [4.69, 9.17) is 9.47 Å². The van der Waals surface area contributed by atoms with Crippen LogP contribution in [0.25, 0.3) is 27.6 Å². The van der Waals surface area contributed by atoms with Crippen LogP contribution in [0.15, 0.2) is 65.7 Å². The molecule has 2 aromatic carbocycles. The van der Waals surface area contributed by atoms with Crippen LogP contribution in [0.3, 0.4) is 0 Å². The summed E-state index contributed by atoms with van der Waals surface area (Å²) in [6.45, 7) is 2.78. The van der Waals surface area contributed by atoms with Crippen molar-refractivity contribution in [3.63, 3.8) is 0 Å². The minimum atomic E-state index is -1.04. The van der Waals surface area contributed by atoms with Gasteiger partial charge in [-0.15, -0.1) is 5.10 Å². The van der Waals surface area contributed by atoms with Gasteiger partial charge in [-0.3, -0.25) is 14.3 Å². The van der Waals surface area contributed by atoms with E-state index < -0.39 is 17.2 Å². The predicted molar refractivity (Wildman–Crippen MR) is 126 cm³/mol. The standard InChI is InChI=1S/C25H21F2N5O3/c1-15(16-3-6-22-17(11-16)12-19(14-28-22)35-10-9-34-2)32-24-23(29-30-32)7-8-31(25(24)33)18-4-5-20(26)21(27)13-18/h3-8,11-15H,9-10H2,1-2H3/t15-/m1/s1. The molecule has 35 heavy (non-hydrogen) atoms. The third kappa shape index (κ3) is 4.24. The maximum atomic E-state index is 13.8. The molecule has 10 heteroatoms. The van der Waals surface area contributed by atoms with Crippen LogP contribution in [-0.2, 0) is 4.74 Å². The number of pyridine rings is 2. The van der Waals surface area contributed by atoms with Gasteiger partial charge in [-0.2, -0.15) is 0 Å². The number of aromatic nitrogens is 5. The number of halogens is 2. The van der Waals surface area contributed by atoms with Gasteiger partial charge in [0.05, 0.1) is 30.0 Å². The second-order valence-electron chi connectivity index (χ2n) is 8.00. The summed E-state index contributed by atoms with van der Waals surface area (Å²) in [5.74, 6) is -1.40. The molecule has 0 aliphatic heterocycles. The molecule has 1 atom stereocenters. The molecule has 5 aromatic rings. The van der Waals surface area contributed by atoms with E-state index in [2.05, 4.69) is 15.3 Å². The fourth-order valence-corrected chi connectivity index (χ4v) is 3.91. The van der Waals surface area contributed by atoms with Gasteiger partial charge in [-0.05, 0) is 48.9 Å². The highest BCUT2D eigenvalue weighted by atomic mass is 19.2. The van der Waals surface area contributed by atoms with Gasteiger partial charge in [0.25, 0.3) is 5.56 Å². The lowest BCUT2D eigenvalue weighted by Crippen LogP contribution is -2.22. The Kier molecular flexibility index (Phi) is 5.96. The van der Waals surface area contributed by atoms with Crippen molar-refractivity contribution in [2.45, 2.75) is 13.0 Å². The molecule has 0 saturated carbocycles. The first-order valence-electron chi connectivity index (χ1n) is 10.9. The van der Waals surface area contributed by atoms with Crippen LogP contribution in [0.2, 0.25) is 0 Å². The molecular weight excluding hydrogens is 456 g/mol. The van der Waals surface area contributed by atoms with Crippen molar-refractivity contribution in [1.29, 1.82) is 0 Å². The minimum absolute atomic E-state index is 0.203. The molecule has 0 unspecified atom stereocenters. The number of methoxy groups -OCH3 is 1. The molecule has 0 bridgehead atoms. The molecule has 0 aliphatic carbocycles. The van der Waals surface area contributed by atoms with Crippen molar-refractivity contribution < 1.29 is 18.3 Å². The quantitative estimate of drug-likeness (QED) is 0.329. The van der Waals surface area contributed by atoms with E-state index in [1.807, 2.05) is 31.2 Å². The molecule has 0 N–H and O–H groups in total. The molecule has 178 valence electrons. The molecule has 0 amide bonds. The van der Waals surface area contributed by atoms with Crippen molar-refractivity contribution in [3.05, 3.63) is 88.5 Å². The highest BCUT2D eigenvalue weighted by molar-refractivity contribution is 5.81. The van der Waals surface area contributed by atoms with Gasteiger partial charge >= 0.3 is 0 Å². The number of rotatable bonds is 7. The smallest absolute Gasteiger partial charge is 0.282 e. The predicted octanol–water partition coefficient (Wildman–Crippen LogP) is 4.04. The average molecular weight is 477 g/mol. The topological polar surface area (TPSA) is 84.1 Å².